The topological polar surface area (TPSA) is 68.2 Å². The first-order valence-corrected chi connectivity index (χ1v) is 11.1. The van der Waals surface area contributed by atoms with E-state index in [2.05, 4.69) is 33.6 Å². The Bertz CT molecular complexity index is 781. The average Bonchev–Trinajstić information content (AvgIpc) is 3.22. The van der Waals surface area contributed by atoms with Crippen LogP contribution in [0.3, 0.4) is 0 Å². The van der Waals surface area contributed by atoms with E-state index in [-0.39, 0.29) is 6.10 Å². The minimum absolute atomic E-state index is 0.0138. The molecule has 1 atom stereocenters. The number of aliphatic imine (C=N–C) groups is 1. The number of rotatable bonds is 12. The van der Waals surface area contributed by atoms with Crippen LogP contribution in [0.4, 0.5) is 0 Å². The first-order valence-electron chi connectivity index (χ1n) is 10.2. The summed E-state index contributed by atoms with van der Waals surface area (Å²) >= 11 is 1.63. The number of hydrogen-bond donors (Lipinski definition) is 1. The molecule has 0 aliphatic heterocycles. The Hall–Kier alpha value is -2.16. The van der Waals surface area contributed by atoms with Gasteiger partial charge in [-0.2, -0.15) is 0 Å². The van der Waals surface area contributed by atoms with Gasteiger partial charge in [0.2, 0.25) is 0 Å². The fourth-order valence-electron chi connectivity index (χ4n) is 2.76. The lowest BCUT2D eigenvalue weighted by atomic mass is 10.2. The Kier molecular flexibility index (Phi) is 10.6. The highest BCUT2D eigenvalue weighted by Crippen LogP contribution is 2.21. The molecule has 0 bridgehead atoms. The number of benzene rings is 1. The summed E-state index contributed by atoms with van der Waals surface area (Å²) < 4.78 is 16.2. The molecule has 0 saturated carbocycles. The van der Waals surface area contributed by atoms with Crippen molar-refractivity contribution >= 4 is 17.3 Å². The van der Waals surface area contributed by atoms with Gasteiger partial charge in [-0.05, 0) is 31.5 Å². The number of thiazole rings is 1. The highest BCUT2D eigenvalue weighted by molar-refractivity contribution is 7.09. The van der Waals surface area contributed by atoms with Gasteiger partial charge >= 0.3 is 0 Å². The second kappa shape index (κ2) is 13.2. The molecule has 1 heterocycles. The van der Waals surface area contributed by atoms with E-state index in [9.17, 15) is 0 Å². The number of methoxy groups -OCH3 is 2. The molecule has 2 rings (SSSR count). The normalized spacial score (nSPS) is 12.6. The molecule has 1 unspecified atom stereocenters. The molecule has 0 amide bonds. The van der Waals surface area contributed by atoms with Gasteiger partial charge in [0.15, 0.2) is 5.96 Å². The van der Waals surface area contributed by atoms with Crippen molar-refractivity contribution in [3.8, 4) is 5.75 Å². The number of nitrogens with zero attached hydrogens (tertiary/aromatic N) is 3. The third kappa shape index (κ3) is 7.93. The summed E-state index contributed by atoms with van der Waals surface area (Å²) in [5.41, 5.74) is 2.12. The van der Waals surface area contributed by atoms with Crippen molar-refractivity contribution < 1.29 is 14.2 Å². The Labute approximate surface area is 184 Å². The first kappa shape index (κ1) is 24.1. The maximum Gasteiger partial charge on any atom is 0.194 e. The number of guanidine groups is 1. The molecule has 0 saturated heterocycles. The predicted molar refractivity (Wildman–Crippen MR) is 122 cm³/mol. The largest absolute Gasteiger partial charge is 0.493 e. The maximum atomic E-state index is 5.79. The van der Waals surface area contributed by atoms with E-state index < -0.39 is 0 Å². The van der Waals surface area contributed by atoms with Crippen molar-refractivity contribution in [3.63, 3.8) is 0 Å². The molecule has 0 fully saturated rings. The summed E-state index contributed by atoms with van der Waals surface area (Å²) in [4.78, 5) is 11.6. The van der Waals surface area contributed by atoms with Crippen LogP contribution >= 0.6 is 11.3 Å². The van der Waals surface area contributed by atoms with Crippen molar-refractivity contribution in [2.75, 3.05) is 41.0 Å². The van der Waals surface area contributed by atoms with Gasteiger partial charge in [0.25, 0.3) is 0 Å². The fraction of sp³-hybridized carbons (Fsp3) is 0.545. The van der Waals surface area contributed by atoms with Crippen molar-refractivity contribution in [1.29, 1.82) is 0 Å². The van der Waals surface area contributed by atoms with E-state index in [1.807, 2.05) is 32.2 Å². The predicted octanol–water partition coefficient (Wildman–Crippen LogP) is 3.86. The highest BCUT2D eigenvalue weighted by atomic mass is 32.1. The van der Waals surface area contributed by atoms with E-state index in [1.165, 1.54) is 0 Å². The molecule has 7 nitrogen and oxygen atoms in total. The number of hydrogen-bond acceptors (Lipinski definition) is 6. The van der Waals surface area contributed by atoms with Crippen LogP contribution in [0.15, 0.2) is 34.6 Å². The van der Waals surface area contributed by atoms with Gasteiger partial charge in [0, 0.05) is 46.2 Å². The van der Waals surface area contributed by atoms with Crippen molar-refractivity contribution in [1.82, 2.24) is 15.2 Å². The molecule has 0 aliphatic rings. The third-order valence-corrected chi connectivity index (χ3v) is 5.49. The molecule has 166 valence electrons. The zero-order valence-corrected chi connectivity index (χ0v) is 19.5. The monoisotopic (exact) mass is 434 g/mol. The lowest BCUT2D eigenvalue weighted by molar-refractivity contribution is 0.119. The molecule has 1 aromatic heterocycles. The average molecular weight is 435 g/mol. The summed E-state index contributed by atoms with van der Waals surface area (Å²) in [6, 6.07) is 8.08. The third-order valence-electron chi connectivity index (χ3n) is 4.44. The van der Waals surface area contributed by atoms with Crippen molar-refractivity contribution in [2.45, 2.75) is 39.5 Å². The quantitative estimate of drug-likeness (QED) is 0.311. The summed E-state index contributed by atoms with van der Waals surface area (Å²) in [5, 5.41) is 6.43. The van der Waals surface area contributed by atoms with E-state index in [1.54, 1.807) is 25.6 Å². The van der Waals surface area contributed by atoms with Gasteiger partial charge in [-0.25, -0.2) is 9.98 Å². The van der Waals surface area contributed by atoms with E-state index in [0.717, 1.165) is 40.9 Å². The van der Waals surface area contributed by atoms with Crippen LogP contribution in [0.1, 0.15) is 42.6 Å². The molecule has 0 spiro atoms. The number of aromatic nitrogens is 1. The van der Waals surface area contributed by atoms with Crippen molar-refractivity contribution in [2.24, 2.45) is 4.99 Å². The van der Waals surface area contributed by atoms with Gasteiger partial charge < -0.3 is 24.4 Å². The van der Waals surface area contributed by atoms with Crippen LogP contribution in [0.2, 0.25) is 0 Å². The van der Waals surface area contributed by atoms with Gasteiger partial charge in [-0.3, -0.25) is 0 Å². The first-order chi connectivity index (χ1) is 14.6. The molecule has 0 aliphatic carbocycles. The lowest BCUT2D eigenvalue weighted by Crippen LogP contribution is -2.38. The van der Waals surface area contributed by atoms with E-state index in [4.69, 9.17) is 19.2 Å². The SMILES string of the molecule is CCNC(=NCc1cccc(OCCCOC)c1)N(C)Cc1csc(C(C)OC)n1. The summed E-state index contributed by atoms with van der Waals surface area (Å²) in [5.74, 6) is 1.71. The molecule has 8 heteroatoms. The van der Waals surface area contributed by atoms with Crippen molar-refractivity contribution in [3.05, 3.63) is 45.9 Å². The minimum Gasteiger partial charge on any atom is -0.493 e. The van der Waals surface area contributed by atoms with Crippen LogP contribution in [-0.2, 0) is 22.6 Å². The maximum absolute atomic E-state index is 5.79. The smallest absolute Gasteiger partial charge is 0.194 e. The second-order valence-corrected chi connectivity index (χ2v) is 7.81. The summed E-state index contributed by atoms with van der Waals surface area (Å²) in [6.07, 6.45) is 0.885. The van der Waals surface area contributed by atoms with Gasteiger partial charge in [0.1, 0.15) is 16.9 Å². The van der Waals surface area contributed by atoms with Gasteiger partial charge in [0.05, 0.1) is 25.4 Å². The molecule has 1 N–H and O–H groups in total. The van der Waals surface area contributed by atoms with Crippen LogP contribution in [0.25, 0.3) is 0 Å². The summed E-state index contributed by atoms with van der Waals surface area (Å²) in [7, 11) is 5.42. The van der Waals surface area contributed by atoms with E-state index in [0.29, 0.717) is 26.3 Å². The number of ether oxygens (including phenoxy) is 3. The fourth-order valence-corrected chi connectivity index (χ4v) is 3.61. The van der Waals surface area contributed by atoms with Gasteiger partial charge in [-0.15, -0.1) is 11.3 Å². The Morgan fingerprint density at radius 3 is 2.87 bits per heavy atom. The van der Waals surface area contributed by atoms with Crippen LogP contribution in [-0.4, -0.2) is 56.9 Å². The summed E-state index contributed by atoms with van der Waals surface area (Å²) in [6.45, 7) is 7.48. The second-order valence-electron chi connectivity index (χ2n) is 6.92. The highest BCUT2D eigenvalue weighted by Gasteiger charge is 2.12. The Morgan fingerprint density at radius 2 is 2.13 bits per heavy atom. The standard InChI is InChI=1S/C22H34N4O3S/c1-6-23-22(26(3)15-19-16-30-21(25-19)17(2)28-5)24-14-18-9-7-10-20(13-18)29-12-8-11-27-4/h7,9-10,13,16-17H,6,8,11-12,14-15H2,1-5H3,(H,23,24). The van der Waals surface area contributed by atoms with E-state index >= 15 is 0 Å². The van der Waals surface area contributed by atoms with Crippen LogP contribution in [0.5, 0.6) is 5.75 Å². The molecule has 30 heavy (non-hydrogen) atoms. The Morgan fingerprint density at radius 1 is 1.30 bits per heavy atom. The minimum atomic E-state index is 0.0138. The van der Waals surface area contributed by atoms with Crippen LogP contribution in [0, 0.1) is 0 Å². The van der Waals surface area contributed by atoms with Crippen LogP contribution < -0.4 is 10.1 Å². The molecule has 2 aromatic rings. The zero-order chi connectivity index (χ0) is 21.8. The molecule has 1 aromatic carbocycles. The molecular formula is C22H34N4O3S. The van der Waals surface area contributed by atoms with Gasteiger partial charge in [-0.1, -0.05) is 12.1 Å². The Balaban J connectivity index is 1.98. The lowest BCUT2D eigenvalue weighted by Gasteiger charge is -2.21. The molecular weight excluding hydrogens is 400 g/mol. The number of nitrogens with one attached hydrogen (secondary N) is 1. The molecule has 0 radical (unpaired) electrons. The zero-order valence-electron chi connectivity index (χ0n) is 18.7.